The van der Waals surface area contributed by atoms with Crippen LogP contribution < -0.4 is 10.1 Å². The smallest absolute Gasteiger partial charge is 0.220 e. The van der Waals surface area contributed by atoms with Gasteiger partial charge in [0.05, 0.1) is 7.11 Å². The lowest BCUT2D eigenvalue weighted by atomic mass is 10.1. The van der Waals surface area contributed by atoms with Crippen LogP contribution in [0, 0.1) is 0 Å². The minimum Gasteiger partial charge on any atom is -0.497 e. The van der Waals surface area contributed by atoms with E-state index < -0.39 is 0 Å². The number of aryl methyl sites for hydroxylation is 3. The van der Waals surface area contributed by atoms with Crippen molar-refractivity contribution in [2.75, 3.05) is 7.11 Å². The van der Waals surface area contributed by atoms with Gasteiger partial charge < -0.3 is 14.5 Å². The molecule has 2 aromatic rings. The van der Waals surface area contributed by atoms with E-state index in [1.54, 1.807) is 7.11 Å². The van der Waals surface area contributed by atoms with Crippen molar-refractivity contribution >= 4 is 5.91 Å². The van der Waals surface area contributed by atoms with Gasteiger partial charge in [-0.2, -0.15) is 0 Å². The molecule has 1 aromatic carbocycles. The zero-order chi connectivity index (χ0) is 17.6. The number of nitrogens with one attached hydrogen (secondary N) is 1. The summed E-state index contributed by atoms with van der Waals surface area (Å²) in [5.41, 5.74) is 0.923. The Morgan fingerprint density at radius 1 is 1.17 bits per heavy atom. The first-order valence-electron chi connectivity index (χ1n) is 8.11. The van der Waals surface area contributed by atoms with Crippen molar-refractivity contribution in [2.24, 2.45) is 0 Å². The number of hydrogen-bond acceptors (Lipinski definition) is 5. The lowest BCUT2D eigenvalue weighted by Gasteiger charge is -2.20. The third-order valence-electron chi connectivity index (χ3n) is 3.35. The molecule has 1 amide bonds. The molecule has 0 saturated carbocycles. The Kier molecular flexibility index (Phi) is 5.95. The summed E-state index contributed by atoms with van der Waals surface area (Å²) in [6.07, 6.45) is 2.25. The van der Waals surface area contributed by atoms with Gasteiger partial charge in [0.15, 0.2) is 0 Å². The summed E-state index contributed by atoms with van der Waals surface area (Å²) in [4.78, 5) is 11.8. The van der Waals surface area contributed by atoms with Crippen molar-refractivity contribution in [3.63, 3.8) is 0 Å². The third kappa shape index (κ3) is 6.02. The van der Waals surface area contributed by atoms with Gasteiger partial charge in [0.25, 0.3) is 0 Å². The van der Waals surface area contributed by atoms with Crippen molar-refractivity contribution in [1.82, 2.24) is 15.5 Å². The van der Waals surface area contributed by atoms with E-state index in [9.17, 15) is 4.79 Å². The maximum Gasteiger partial charge on any atom is 0.220 e. The summed E-state index contributed by atoms with van der Waals surface area (Å²) in [5.74, 6) is 1.91. The molecule has 6 nitrogen and oxygen atoms in total. The van der Waals surface area contributed by atoms with Gasteiger partial charge in [0.1, 0.15) is 5.75 Å². The van der Waals surface area contributed by atoms with E-state index in [1.807, 2.05) is 45.0 Å². The fourth-order valence-electron chi connectivity index (χ4n) is 2.27. The van der Waals surface area contributed by atoms with Crippen LogP contribution in [-0.2, 0) is 24.1 Å². The van der Waals surface area contributed by atoms with Crippen molar-refractivity contribution in [1.29, 1.82) is 0 Å². The number of hydrogen-bond donors (Lipinski definition) is 1. The summed E-state index contributed by atoms with van der Waals surface area (Å²) in [7, 11) is 1.65. The molecule has 130 valence electrons. The molecule has 0 bridgehead atoms. The van der Waals surface area contributed by atoms with Gasteiger partial charge in [0.2, 0.25) is 17.7 Å². The fraction of sp³-hybridized carbons (Fsp3) is 0.500. The summed E-state index contributed by atoms with van der Waals surface area (Å²) in [5, 5.41) is 11.0. The number of ether oxygens (including phenoxy) is 1. The second kappa shape index (κ2) is 7.95. The second-order valence-corrected chi connectivity index (χ2v) is 6.74. The average Bonchev–Trinajstić information content (AvgIpc) is 2.97. The molecule has 0 saturated heterocycles. The Balaban J connectivity index is 1.81. The number of nitrogens with zero attached hydrogens (tertiary/aromatic N) is 2. The zero-order valence-electron chi connectivity index (χ0n) is 14.8. The van der Waals surface area contributed by atoms with Crippen LogP contribution in [0.25, 0.3) is 0 Å². The van der Waals surface area contributed by atoms with Gasteiger partial charge in [0, 0.05) is 24.8 Å². The molecule has 24 heavy (non-hydrogen) atoms. The van der Waals surface area contributed by atoms with E-state index in [0.717, 1.165) is 17.7 Å². The van der Waals surface area contributed by atoms with Crippen LogP contribution in [0.5, 0.6) is 5.75 Å². The Bertz CT molecular complexity index is 674. The molecule has 1 aromatic heterocycles. The van der Waals surface area contributed by atoms with Gasteiger partial charge in [-0.15, -0.1) is 10.2 Å². The maximum absolute atomic E-state index is 11.8. The first-order chi connectivity index (χ1) is 11.4. The highest BCUT2D eigenvalue weighted by molar-refractivity contribution is 5.76. The van der Waals surface area contributed by atoms with Crippen LogP contribution in [0.15, 0.2) is 28.7 Å². The molecule has 0 aliphatic carbocycles. The normalized spacial score (nSPS) is 11.3. The summed E-state index contributed by atoms with van der Waals surface area (Å²) in [6, 6.07) is 7.91. The Labute approximate surface area is 142 Å². The Morgan fingerprint density at radius 2 is 1.88 bits per heavy atom. The molecule has 2 rings (SSSR count). The van der Waals surface area contributed by atoms with Crippen LogP contribution in [0.3, 0.4) is 0 Å². The van der Waals surface area contributed by atoms with Crippen molar-refractivity contribution in [2.45, 2.75) is 52.0 Å². The number of benzene rings is 1. The predicted octanol–water partition coefficient (Wildman–Crippen LogP) is 2.71. The summed E-state index contributed by atoms with van der Waals surface area (Å²) < 4.78 is 10.8. The minimum absolute atomic E-state index is 0.0152. The summed E-state index contributed by atoms with van der Waals surface area (Å²) in [6.45, 7) is 5.86. The molecule has 0 aliphatic heterocycles. The Morgan fingerprint density at radius 3 is 2.54 bits per heavy atom. The van der Waals surface area contributed by atoms with Gasteiger partial charge in [-0.05, 0) is 44.9 Å². The quantitative estimate of drug-likeness (QED) is 0.844. The number of rotatable bonds is 7. The molecular weight excluding hydrogens is 306 g/mol. The molecule has 0 fully saturated rings. The van der Waals surface area contributed by atoms with E-state index in [-0.39, 0.29) is 11.4 Å². The number of carbonyl (C=O) groups excluding carboxylic acids is 1. The molecule has 0 aliphatic rings. The van der Waals surface area contributed by atoms with Crippen molar-refractivity contribution in [3.8, 4) is 5.75 Å². The van der Waals surface area contributed by atoms with Gasteiger partial charge in [-0.25, -0.2) is 0 Å². The van der Waals surface area contributed by atoms with Crippen molar-refractivity contribution < 1.29 is 13.9 Å². The van der Waals surface area contributed by atoms with Crippen LogP contribution in [-0.4, -0.2) is 28.8 Å². The number of aromatic nitrogens is 2. The fourth-order valence-corrected chi connectivity index (χ4v) is 2.27. The zero-order valence-corrected chi connectivity index (χ0v) is 14.8. The Hall–Kier alpha value is -2.37. The largest absolute Gasteiger partial charge is 0.497 e. The molecule has 6 heteroatoms. The van der Waals surface area contributed by atoms with Gasteiger partial charge in [-0.3, -0.25) is 4.79 Å². The van der Waals surface area contributed by atoms with E-state index in [0.29, 0.717) is 31.0 Å². The molecule has 0 atom stereocenters. The lowest BCUT2D eigenvalue weighted by molar-refractivity contribution is -0.122. The lowest BCUT2D eigenvalue weighted by Crippen LogP contribution is -2.40. The first kappa shape index (κ1) is 18.0. The average molecular weight is 331 g/mol. The van der Waals surface area contributed by atoms with Gasteiger partial charge >= 0.3 is 0 Å². The summed E-state index contributed by atoms with van der Waals surface area (Å²) >= 11 is 0. The standard InChI is InChI=1S/C18H25N3O3/c1-18(2,3)19-15(22)9-11-17-21-20-16(24-17)10-8-13-6-5-7-14(12-13)23-4/h5-7,12H,8-11H2,1-4H3,(H,19,22). The highest BCUT2D eigenvalue weighted by atomic mass is 16.5. The minimum atomic E-state index is -0.228. The van der Waals surface area contributed by atoms with Gasteiger partial charge in [-0.1, -0.05) is 12.1 Å². The molecule has 1 heterocycles. The van der Waals surface area contributed by atoms with Crippen LogP contribution >= 0.6 is 0 Å². The monoisotopic (exact) mass is 331 g/mol. The van der Waals surface area contributed by atoms with E-state index in [2.05, 4.69) is 15.5 Å². The highest BCUT2D eigenvalue weighted by Gasteiger charge is 2.15. The molecule has 0 unspecified atom stereocenters. The highest BCUT2D eigenvalue weighted by Crippen LogP contribution is 2.14. The maximum atomic E-state index is 11.8. The molecule has 1 N–H and O–H groups in total. The van der Waals surface area contributed by atoms with Crippen molar-refractivity contribution in [3.05, 3.63) is 41.6 Å². The molecule has 0 spiro atoms. The van der Waals surface area contributed by atoms with Crippen LogP contribution in [0.1, 0.15) is 44.5 Å². The first-order valence-corrected chi connectivity index (χ1v) is 8.11. The predicted molar refractivity (Wildman–Crippen MR) is 90.9 cm³/mol. The van der Waals surface area contributed by atoms with Crippen LogP contribution in [0.4, 0.5) is 0 Å². The van der Waals surface area contributed by atoms with E-state index >= 15 is 0 Å². The third-order valence-corrected chi connectivity index (χ3v) is 3.35. The number of methoxy groups -OCH3 is 1. The number of amides is 1. The topological polar surface area (TPSA) is 77.2 Å². The van der Waals surface area contributed by atoms with E-state index in [1.165, 1.54) is 0 Å². The van der Waals surface area contributed by atoms with E-state index in [4.69, 9.17) is 9.15 Å². The molecular formula is C18H25N3O3. The SMILES string of the molecule is COc1cccc(CCc2nnc(CCC(=O)NC(C)(C)C)o2)c1. The molecule has 0 radical (unpaired) electrons. The second-order valence-electron chi connectivity index (χ2n) is 6.74. The number of carbonyl (C=O) groups is 1. The van der Waals surface area contributed by atoms with Crippen LogP contribution in [0.2, 0.25) is 0 Å².